The zero-order chi connectivity index (χ0) is 17.9. The molecule has 0 aliphatic heterocycles. The van der Waals surface area contributed by atoms with Crippen molar-refractivity contribution in [1.29, 1.82) is 0 Å². The van der Waals surface area contributed by atoms with Gasteiger partial charge in [0.2, 0.25) is 0 Å². The van der Waals surface area contributed by atoms with Crippen LogP contribution in [0.4, 0.5) is 0 Å². The van der Waals surface area contributed by atoms with Crippen molar-refractivity contribution in [2.24, 2.45) is 0 Å². The van der Waals surface area contributed by atoms with Gasteiger partial charge in [-0.25, -0.2) is 4.37 Å². The molecule has 0 atom stereocenters. The predicted octanol–water partition coefficient (Wildman–Crippen LogP) is 8.75. The van der Waals surface area contributed by atoms with E-state index in [0.29, 0.717) is 0 Å². The molecular formula is C24H41NS. The highest BCUT2D eigenvalue weighted by molar-refractivity contribution is 7.06. The number of hydrogen-bond acceptors (Lipinski definition) is 2. The van der Waals surface area contributed by atoms with Crippen LogP contribution in [0.25, 0.3) is 0 Å². The Morgan fingerprint density at radius 1 is 0.538 bits per heavy atom. The van der Waals surface area contributed by atoms with Crippen molar-refractivity contribution in [2.75, 3.05) is 0 Å². The minimum absolute atomic E-state index is 0.806. The molecule has 0 radical (unpaired) electrons. The highest BCUT2D eigenvalue weighted by Crippen LogP contribution is 2.40. The smallest absolute Gasteiger partial charge is 0.0444 e. The molecule has 1 heterocycles. The van der Waals surface area contributed by atoms with Gasteiger partial charge in [0.15, 0.2) is 0 Å². The quantitative estimate of drug-likeness (QED) is 0.503. The van der Waals surface area contributed by atoms with E-state index in [4.69, 9.17) is 4.37 Å². The molecule has 26 heavy (non-hydrogen) atoms. The third-order valence-corrected chi connectivity index (χ3v) is 7.87. The third kappa shape index (κ3) is 6.66. The summed E-state index contributed by atoms with van der Waals surface area (Å²) >= 11 is 1.85. The molecule has 2 heteroatoms. The Bertz CT molecular complexity index is 458. The van der Waals surface area contributed by atoms with Crippen molar-refractivity contribution in [3.8, 4) is 0 Å². The second-order valence-corrected chi connectivity index (χ2v) is 9.83. The summed E-state index contributed by atoms with van der Waals surface area (Å²) in [6.45, 7) is 0. The average molecular weight is 376 g/mol. The first-order valence-electron chi connectivity index (χ1n) is 11.9. The van der Waals surface area contributed by atoms with Gasteiger partial charge in [0, 0.05) is 11.1 Å². The zero-order valence-corrected chi connectivity index (χ0v) is 17.8. The summed E-state index contributed by atoms with van der Waals surface area (Å²) in [5, 5.41) is 0. The Morgan fingerprint density at radius 3 is 1.38 bits per heavy atom. The number of rotatable bonds is 2. The molecule has 0 saturated heterocycles. The predicted molar refractivity (Wildman–Crippen MR) is 115 cm³/mol. The molecule has 1 nitrogen and oxygen atoms in total. The summed E-state index contributed by atoms with van der Waals surface area (Å²) < 4.78 is 4.72. The zero-order valence-electron chi connectivity index (χ0n) is 17.0. The van der Waals surface area contributed by atoms with Crippen LogP contribution < -0.4 is 0 Å². The Labute approximate surface area is 166 Å². The van der Waals surface area contributed by atoms with Crippen molar-refractivity contribution in [3.05, 3.63) is 16.6 Å². The maximum Gasteiger partial charge on any atom is 0.0444 e. The van der Waals surface area contributed by atoms with Crippen LogP contribution in [0.5, 0.6) is 0 Å². The minimum Gasteiger partial charge on any atom is -0.201 e. The standard InChI is InChI=1S/C24H41NS/c1-2-5-11-15-19-22(18-14-10-4-1)24-23(20-25-26-24)21-16-12-8-6-3-7-9-13-17-21/h20-22H,1-19H2. The molecule has 0 spiro atoms. The maximum atomic E-state index is 4.72. The van der Waals surface area contributed by atoms with Gasteiger partial charge < -0.3 is 0 Å². The molecule has 2 fully saturated rings. The first-order chi connectivity index (χ1) is 12.9. The lowest BCUT2D eigenvalue weighted by Gasteiger charge is -2.22. The van der Waals surface area contributed by atoms with E-state index in [1.54, 1.807) is 10.4 Å². The van der Waals surface area contributed by atoms with E-state index >= 15 is 0 Å². The fourth-order valence-corrected chi connectivity index (χ4v) is 6.23. The van der Waals surface area contributed by atoms with Gasteiger partial charge in [-0.05, 0) is 54.6 Å². The molecular weight excluding hydrogens is 334 g/mol. The Morgan fingerprint density at radius 2 is 0.923 bits per heavy atom. The fraction of sp³-hybridized carbons (Fsp3) is 0.875. The van der Waals surface area contributed by atoms with Gasteiger partial charge in [0.25, 0.3) is 0 Å². The summed E-state index contributed by atoms with van der Waals surface area (Å²) in [5.41, 5.74) is 1.68. The molecule has 1 aromatic rings. The minimum atomic E-state index is 0.806. The molecule has 2 aliphatic rings. The monoisotopic (exact) mass is 375 g/mol. The van der Waals surface area contributed by atoms with E-state index in [0.717, 1.165) is 11.8 Å². The lowest BCUT2D eigenvalue weighted by molar-refractivity contribution is 0.455. The van der Waals surface area contributed by atoms with E-state index in [2.05, 4.69) is 6.20 Å². The molecule has 3 rings (SSSR count). The van der Waals surface area contributed by atoms with Gasteiger partial charge in [-0.3, -0.25) is 0 Å². The lowest BCUT2D eigenvalue weighted by atomic mass is 9.83. The summed E-state index contributed by atoms with van der Waals surface area (Å²) in [4.78, 5) is 1.70. The van der Waals surface area contributed by atoms with Crippen LogP contribution in [-0.2, 0) is 0 Å². The highest BCUT2D eigenvalue weighted by atomic mass is 32.1. The maximum absolute atomic E-state index is 4.72. The van der Waals surface area contributed by atoms with Gasteiger partial charge in [-0.1, -0.05) is 96.3 Å². The summed E-state index contributed by atoms with van der Waals surface area (Å²) in [6.07, 6.45) is 29.8. The van der Waals surface area contributed by atoms with E-state index in [1.165, 1.54) is 122 Å². The average Bonchev–Trinajstić information content (AvgIpc) is 3.12. The van der Waals surface area contributed by atoms with E-state index < -0.39 is 0 Å². The largest absolute Gasteiger partial charge is 0.201 e. The molecule has 148 valence electrons. The van der Waals surface area contributed by atoms with Crippen molar-refractivity contribution < 1.29 is 0 Å². The van der Waals surface area contributed by atoms with Crippen LogP contribution in [-0.4, -0.2) is 4.37 Å². The lowest BCUT2D eigenvalue weighted by Crippen LogP contribution is -2.06. The molecule has 0 N–H and O–H groups in total. The molecule has 2 aliphatic carbocycles. The molecule has 0 aromatic carbocycles. The first-order valence-corrected chi connectivity index (χ1v) is 12.7. The Kier molecular flexibility index (Phi) is 9.53. The molecule has 1 aromatic heterocycles. The highest BCUT2D eigenvalue weighted by Gasteiger charge is 2.23. The van der Waals surface area contributed by atoms with Gasteiger partial charge in [-0.2, -0.15) is 0 Å². The first kappa shape index (κ1) is 20.4. The van der Waals surface area contributed by atoms with Crippen molar-refractivity contribution in [1.82, 2.24) is 4.37 Å². The molecule has 0 bridgehead atoms. The molecule has 2 saturated carbocycles. The summed E-state index contributed by atoms with van der Waals surface area (Å²) in [7, 11) is 0. The van der Waals surface area contributed by atoms with Crippen LogP contribution >= 0.6 is 11.5 Å². The SMILES string of the molecule is c1nsc(C2CCCCCCCCCC2)c1C1CCCCCCCCC1. The van der Waals surface area contributed by atoms with Crippen molar-refractivity contribution in [2.45, 2.75) is 134 Å². The van der Waals surface area contributed by atoms with Gasteiger partial charge in [0.05, 0.1) is 0 Å². The normalized spacial score (nSPS) is 24.0. The second kappa shape index (κ2) is 12.2. The summed E-state index contributed by atoms with van der Waals surface area (Å²) in [6, 6.07) is 0. The van der Waals surface area contributed by atoms with Crippen LogP contribution in [0, 0.1) is 0 Å². The van der Waals surface area contributed by atoms with E-state index in [1.807, 2.05) is 11.5 Å². The van der Waals surface area contributed by atoms with Gasteiger partial charge >= 0.3 is 0 Å². The topological polar surface area (TPSA) is 12.9 Å². The van der Waals surface area contributed by atoms with Crippen LogP contribution in [0.15, 0.2) is 6.20 Å². The third-order valence-electron chi connectivity index (χ3n) is 6.90. The number of hydrogen-bond donors (Lipinski definition) is 0. The Hall–Kier alpha value is -0.370. The van der Waals surface area contributed by atoms with E-state index in [-0.39, 0.29) is 0 Å². The van der Waals surface area contributed by atoms with Crippen LogP contribution in [0.2, 0.25) is 0 Å². The molecule has 0 unspecified atom stereocenters. The van der Waals surface area contributed by atoms with Crippen molar-refractivity contribution >= 4 is 11.5 Å². The molecule has 0 amide bonds. The number of aromatic nitrogens is 1. The number of nitrogens with zero attached hydrogens (tertiary/aromatic N) is 1. The Balaban J connectivity index is 1.67. The summed E-state index contributed by atoms with van der Waals surface area (Å²) in [5.74, 6) is 1.62. The van der Waals surface area contributed by atoms with Crippen LogP contribution in [0.1, 0.15) is 144 Å². The van der Waals surface area contributed by atoms with E-state index in [9.17, 15) is 0 Å². The van der Waals surface area contributed by atoms with Crippen molar-refractivity contribution in [3.63, 3.8) is 0 Å². The van der Waals surface area contributed by atoms with Gasteiger partial charge in [0.1, 0.15) is 0 Å². The van der Waals surface area contributed by atoms with Crippen LogP contribution in [0.3, 0.4) is 0 Å². The van der Waals surface area contributed by atoms with Gasteiger partial charge in [-0.15, -0.1) is 0 Å². The second-order valence-electron chi connectivity index (χ2n) is 9.00. The fourth-order valence-electron chi connectivity index (χ4n) is 5.24.